The zero-order valence-corrected chi connectivity index (χ0v) is 13.6. The van der Waals surface area contributed by atoms with Crippen LogP contribution < -0.4 is 0 Å². The van der Waals surface area contributed by atoms with Crippen LogP contribution in [-0.2, 0) is 0 Å². The molecule has 0 heterocycles. The van der Waals surface area contributed by atoms with Crippen LogP contribution in [0.5, 0.6) is 0 Å². The maximum atomic E-state index is 2.51. The monoisotopic (exact) mass is 241 g/mol. The molecule has 0 aliphatic carbocycles. The summed E-state index contributed by atoms with van der Waals surface area (Å²) in [4.78, 5) is 2.51. The third kappa shape index (κ3) is 5.90. The number of unbranched alkanes of at least 4 members (excludes halogenated alkanes) is 1. The van der Waals surface area contributed by atoms with E-state index in [1.807, 2.05) is 0 Å². The van der Waals surface area contributed by atoms with Crippen molar-refractivity contribution < 1.29 is 0 Å². The number of hydrogen-bond acceptors (Lipinski definition) is 1. The van der Waals surface area contributed by atoms with Crippen LogP contribution in [0.3, 0.4) is 0 Å². The molecule has 0 N–H and O–H groups in total. The average Bonchev–Trinajstić information content (AvgIpc) is 2.20. The quantitative estimate of drug-likeness (QED) is 0.609. The molecule has 1 heteroatoms. The van der Waals surface area contributed by atoms with Crippen molar-refractivity contribution in [3.05, 3.63) is 0 Å². The normalized spacial score (nSPS) is 15.4. The minimum absolute atomic E-state index is 0.286. The van der Waals surface area contributed by atoms with Crippen molar-refractivity contribution in [2.45, 2.75) is 79.7 Å². The molecule has 0 saturated carbocycles. The van der Waals surface area contributed by atoms with Crippen LogP contribution >= 0.6 is 0 Å². The molecule has 0 radical (unpaired) electrons. The van der Waals surface area contributed by atoms with Crippen molar-refractivity contribution in [3.8, 4) is 0 Å². The van der Waals surface area contributed by atoms with Crippen molar-refractivity contribution in [3.63, 3.8) is 0 Å². The van der Waals surface area contributed by atoms with Crippen molar-refractivity contribution in [1.29, 1.82) is 0 Å². The zero-order valence-electron chi connectivity index (χ0n) is 13.6. The van der Waals surface area contributed by atoms with Crippen LogP contribution in [0.4, 0.5) is 0 Å². The summed E-state index contributed by atoms with van der Waals surface area (Å²) in [5.41, 5.74) is 0.762. The van der Waals surface area contributed by atoms with E-state index < -0.39 is 0 Å². The lowest BCUT2D eigenvalue weighted by Gasteiger charge is -2.41. The summed E-state index contributed by atoms with van der Waals surface area (Å²) >= 11 is 0. The summed E-state index contributed by atoms with van der Waals surface area (Å²) in [6.07, 6.45) is 5.33. The molecular weight excluding hydrogens is 206 g/mol. The first kappa shape index (κ1) is 17.0. The van der Waals surface area contributed by atoms with Gasteiger partial charge in [-0.3, -0.25) is 0 Å². The Bertz CT molecular complexity index is 200. The van der Waals surface area contributed by atoms with Crippen LogP contribution in [0.1, 0.15) is 74.1 Å². The highest BCUT2D eigenvalue weighted by atomic mass is 15.2. The van der Waals surface area contributed by atoms with Crippen molar-refractivity contribution in [2.75, 3.05) is 13.6 Å². The molecule has 0 saturated heterocycles. The fraction of sp³-hybridized carbons (Fsp3) is 1.00. The van der Waals surface area contributed by atoms with Gasteiger partial charge in [0.15, 0.2) is 0 Å². The molecule has 0 amide bonds. The van der Waals surface area contributed by atoms with Gasteiger partial charge in [-0.05, 0) is 45.6 Å². The highest BCUT2D eigenvalue weighted by Gasteiger charge is 2.30. The van der Waals surface area contributed by atoms with Gasteiger partial charge in [0.1, 0.15) is 0 Å². The SMILES string of the molecule is CCCCC(C)(C)C(CC)CN(C)C(C)(C)C. The Kier molecular flexibility index (Phi) is 6.76. The predicted octanol–water partition coefficient (Wildman–Crippen LogP) is 4.96. The smallest absolute Gasteiger partial charge is 0.0122 e. The lowest BCUT2D eigenvalue weighted by Crippen LogP contribution is -2.44. The summed E-state index contributed by atoms with van der Waals surface area (Å²) in [6, 6.07) is 0. The molecule has 0 spiro atoms. The standard InChI is InChI=1S/C16H35N/c1-9-11-12-16(6,7)14(10-2)13-17(8)15(3,4)5/h14H,9-13H2,1-8H3. The summed E-state index contributed by atoms with van der Waals surface area (Å²) in [6.45, 7) is 17.7. The van der Waals surface area contributed by atoms with Crippen LogP contribution in [0.15, 0.2) is 0 Å². The zero-order chi connectivity index (χ0) is 13.7. The maximum absolute atomic E-state index is 2.51. The molecule has 104 valence electrons. The van der Waals surface area contributed by atoms with Gasteiger partial charge in [0, 0.05) is 12.1 Å². The summed E-state index contributed by atoms with van der Waals surface area (Å²) in [5, 5.41) is 0. The van der Waals surface area contributed by atoms with Gasteiger partial charge in [-0.25, -0.2) is 0 Å². The third-order valence-electron chi connectivity index (χ3n) is 4.41. The highest BCUT2D eigenvalue weighted by molar-refractivity contribution is 4.83. The van der Waals surface area contributed by atoms with E-state index in [2.05, 4.69) is 60.4 Å². The molecule has 1 unspecified atom stereocenters. The molecule has 0 bridgehead atoms. The highest BCUT2D eigenvalue weighted by Crippen LogP contribution is 2.36. The summed E-state index contributed by atoms with van der Waals surface area (Å²) < 4.78 is 0. The van der Waals surface area contributed by atoms with E-state index >= 15 is 0 Å². The molecule has 0 aliphatic rings. The molecule has 17 heavy (non-hydrogen) atoms. The van der Waals surface area contributed by atoms with E-state index in [1.165, 1.54) is 32.2 Å². The Hall–Kier alpha value is -0.0400. The Morgan fingerprint density at radius 2 is 1.53 bits per heavy atom. The first-order chi connectivity index (χ1) is 7.65. The molecule has 0 aromatic carbocycles. The van der Waals surface area contributed by atoms with Crippen molar-refractivity contribution >= 4 is 0 Å². The van der Waals surface area contributed by atoms with Crippen LogP contribution in [-0.4, -0.2) is 24.0 Å². The Labute approximate surface area is 110 Å². The van der Waals surface area contributed by atoms with Gasteiger partial charge in [-0.1, -0.05) is 47.0 Å². The first-order valence-corrected chi connectivity index (χ1v) is 7.36. The molecule has 0 rings (SSSR count). The second-order valence-corrected chi connectivity index (χ2v) is 7.25. The number of hydrogen-bond donors (Lipinski definition) is 0. The molecule has 0 aromatic heterocycles. The second kappa shape index (κ2) is 6.78. The largest absolute Gasteiger partial charge is 0.301 e. The number of rotatable bonds is 7. The average molecular weight is 241 g/mol. The van der Waals surface area contributed by atoms with E-state index in [4.69, 9.17) is 0 Å². The predicted molar refractivity (Wildman–Crippen MR) is 79.5 cm³/mol. The van der Waals surface area contributed by atoms with Crippen LogP contribution in [0.2, 0.25) is 0 Å². The molecule has 1 nitrogen and oxygen atoms in total. The molecule has 0 fully saturated rings. The number of nitrogens with zero attached hydrogens (tertiary/aromatic N) is 1. The topological polar surface area (TPSA) is 3.24 Å². The Morgan fingerprint density at radius 3 is 1.88 bits per heavy atom. The fourth-order valence-electron chi connectivity index (χ4n) is 2.37. The van der Waals surface area contributed by atoms with Gasteiger partial charge < -0.3 is 4.90 Å². The maximum Gasteiger partial charge on any atom is 0.0122 e. The van der Waals surface area contributed by atoms with E-state index in [0.29, 0.717) is 5.41 Å². The van der Waals surface area contributed by atoms with Crippen LogP contribution in [0.25, 0.3) is 0 Å². The second-order valence-electron chi connectivity index (χ2n) is 7.25. The first-order valence-electron chi connectivity index (χ1n) is 7.36. The summed E-state index contributed by atoms with van der Waals surface area (Å²) in [7, 11) is 2.26. The molecule has 0 aromatic rings. The van der Waals surface area contributed by atoms with Gasteiger partial charge >= 0.3 is 0 Å². The minimum Gasteiger partial charge on any atom is -0.301 e. The van der Waals surface area contributed by atoms with Gasteiger partial charge in [0.05, 0.1) is 0 Å². The minimum atomic E-state index is 0.286. The lowest BCUT2D eigenvalue weighted by molar-refractivity contribution is 0.0847. The van der Waals surface area contributed by atoms with Gasteiger partial charge in [-0.15, -0.1) is 0 Å². The Morgan fingerprint density at radius 1 is 1.00 bits per heavy atom. The summed E-state index contributed by atoms with van der Waals surface area (Å²) in [5.74, 6) is 0.804. The Balaban J connectivity index is 4.51. The van der Waals surface area contributed by atoms with E-state index in [9.17, 15) is 0 Å². The van der Waals surface area contributed by atoms with E-state index in [1.54, 1.807) is 0 Å². The van der Waals surface area contributed by atoms with Crippen molar-refractivity contribution in [2.24, 2.45) is 11.3 Å². The van der Waals surface area contributed by atoms with Gasteiger partial charge in [0.25, 0.3) is 0 Å². The molecule has 0 aliphatic heterocycles. The fourth-order valence-corrected chi connectivity index (χ4v) is 2.37. The van der Waals surface area contributed by atoms with Crippen molar-refractivity contribution in [1.82, 2.24) is 4.90 Å². The van der Waals surface area contributed by atoms with Crippen LogP contribution in [0, 0.1) is 11.3 Å². The van der Waals surface area contributed by atoms with Gasteiger partial charge in [0.2, 0.25) is 0 Å². The van der Waals surface area contributed by atoms with Gasteiger partial charge in [-0.2, -0.15) is 0 Å². The molecule has 1 atom stereocenters. The van der Waals surface area contributed by atoms with E-state index in [-0.39, 0.29) is 5.54 Å². The lowest BCUT2D eigenvalue weighted by atomic mass is 9.73. The molecular formula is C16H35N. The van der Waals surface area contributed by atoms with E-state index in [0.717, 1.165) is 5.92 Å². The third-order valence-corrected chi connectivity index (χ3v) is 4.41.